The van der Waals surface area contributed by atoms with E-state index in [4.69, 9.17) is 32.3 Å². The van der Waals surface area contributed by atoms with E-state index in [-0.39, 0.29) is 19.3 Å². The van der Waals surface area contributed by atoms with Crippen molar-refractivity contribution in [3.05, 3.63) is 219 Å². The average molecular weight is 1530 g/mol. The Morgan fingerprint density at radius 1 is 0.262 bits per heavy atom. The lowest BCUT2D eigenvalue weighted by atomic mass is 10.1. The van der Waals surface area contributed by atoms with E-state index < -0.39 is 91.5 Å². The minimum atomic E-state index is -4.97. The second kappa shape index (κ2) is 79.4. The highest BCUT2D eigenvalue weighted by Crippen LogP contribution is 2.45. The third-order valence-electron chi connectivity index (χ3n) is 15.7. The number of phosphoric ester groups is 2. The summed E-state index contributed by atoms with van der Waals surface area (Å²) in [5.74, 6) is -1.72. The molecule has 5 atom stereocenters. The molecule has 0 spiro atoms. The van der Waals surface area contributed by atoms with E-state index in [9.17, 15) is 43.5 Å². The van der Waals surface area contributed by atoms with Crippen molar-refractivity contribution in [2.24, 2.45) is 0 Å². The van der Waals surface area contributed by atoms with Crippen LogP contribution in [0.4, 0.5) is 0 Å². The number of carbonyl (C=O) groups excluding carboxylic acids is 3. The van der Waals surface area contributed by atoms with Crippen LogP contribution in [-0.4, -0.2) is 95.9 Å². The van der Waals surface area contributed by atoms with E-state index in [0.717, 1.165) is 180 Å². The van der Waals surface area contributed by atoms with Gasteiger partial charge in [-0.1, -0.05) is 304 Å². The first-order valence-electron chi connectivity index (χ1n) is 40.0. The lowest BCUT2D eigenvalue weighted by Gasteiger charge is -2.21. The molecule has 0 saturated heterocycles. The molecule has 4 N–H and O–H groups in total. The van der Waals surface area contributed by atoms with Crippen LogP contribution < -0.4 is 0 Å². The molecule has 0 bridgehead atoms. The standard InChI is InChI=1S/C89H140O16P2/c1-4-7-10-13-16-19-22-25-28-31-34-36-38-40-41-43-45-46-49-51-54-57-60-63-66-69-72-75-87(92)99-78-84(90)79-101-106(95,96)102-80-85(91)81-103-107(97,98)104-83-86(105-89(94)77-74-71-68-65-62-59-56-53-48-33-30-27-24-21-18-15-12-9-6-3)82-100-88(93)76-73-70-67-64-61-58-55-52-50-47-44-42-39-37-35-32-29-26-23-20-17-14-11-8-5-2/h7-12,16-21,25-30,34-37,40-42,44-46,48,50,52-53,59,62,68,71,84-86,90-91H,4-6,13-15,22-24,31-33,38-39,43,47,49,51,54-58,60-61,63-67,69-70,72-83H2,1-3H3,(H,95,96)(H,97,98)/b10-7-,11-8-,12-9-,19-16-,20-17-,21-18-,28-25-,29-26-,30-27-,36-34-,37-35-,41-40-,44-42-,46-45-,52-50-,53-48-,62-59-,71-68-. The largest absolute Gasteiger partial charge is 0.472 e. The average Bonchev–Trinajstić information content (AvgIpc) is 0.903. The van der Waals surface area contributed by atoms with E-state index in [1.165, 1.54) is 19.3 Å². The van der Waals surface area contributed by atoms with Gasteiger partial charge in [-0.15, -0.1) is 0 Å². The number of aliphatic hydroxyl groups excluding tert-OH is 2. The summed E-state index contributed by atoms with van der Waals surface area (Å²) in [5.41, 5.74) is 0. The number of aliphatic hydroxyl groups is 2. The van der Waals surface area contributed by atoms with Gasteiger partial charge in [-0.05, 0) is 161 Å². The lowest BCUT2D eigenvalue weighted by Crippen LogP contribution is -2.29. The summed E-state index contributed by atoms with van der Waals surface area (Å²) >= 11 is 0. The molecule has 16 nitrogen and oxygen atoms in total. The van der Waals surface area contributed by atoms with Crippen LogP contribution in [0.25, 0.3) is 0 Å². The fourth-order valence-corrected chi connectivity index (χ4v) is 11.3. The minimum Gasteiger partial charge on any atom is -0.463 e. The Labute approximate surface area is 647 Å². The molecule has 0 aromatic heterocycles. The normalized spacial score (nSPS) is 15.1. The number of hydrogen-bond acceptors (Lipinski definition) is 14. The first-order valence-corrected chi connectivity index (χ1v) is 43.0. The summed E-state index contributed by atoms with van der Waals surface area (Å²) < 4.78 is 61.1. The van der Waals surface area contributed by atoms with Crippen molar-refractivity contribution < 1.29 is 75.8 Å². The number of esters is 3. The number of phosphoric acid groups is 2. The summed E-state index contributed by atoms with van der Waals surface area (Å²) in [6.07, 6.45) is 107. The van der Waals surface area contributed by atoms with Gasteiger partial charge in [-0.25, -0.2) is 9.13 Å². The molecule has 0 aliphatic rings. The highest BCUT2D eigenvalue weighted by Gasteiger charge is 2.29. The van der Waals surface area contributed by atoms with Crippen molar-refractivity contribution in [1.29, 1.82) is 0 Å². The van der Waals surface area contributed by atoms with Gasteiger partial charge >= 0.3 is 33.6 Å². The second-order valence-electron chi connectivity index (χ2n) is 25.7. The SMILES string of the molecule is CC/C=C\C/C=C\C/C=C\C/C=C\C/C=C\C/C=C\CCCCCCCCCCC(=O)OCC(O)COP(=O)(O)OCC(O)COP(=O)(O)OCC(COC(=O)CCCCCCCC/C=C\C/C=C\C/C=C\C/C=C\C/C=C\C/C=C\CC)OC(=O)CC/C=C\C/C=C\C/C=C\C/C=C\C/C=C\C/C=C\CC. The minimum absolute atomic E-state index is 0.0341. The van der Waals surface area contributed by atoms with Gasteiger partial charge in [0.1, 0.15) is 25.4 Å². The fourth-order valence-electron chi connectivity index (χ4n) is 9.72. The third-order valence-corrected chi connectivity index (χ3v) is 17.6. The molecule has 602 valence electrons. The Balaban J connectivity index is 4.75. The van der Waals surface area contributed by atoms with E-state index in [0.29, 0.717) is 25.7 Å². The van der Waals surface area contributed by atoms with Gasteiger partial charge in [0.05, 0.1) is 26.4 Å². The molecule has 0 fully saturated rings. The van der Waals surface area contributed by atoms with Crippen LogP contribution in [0, 0.1) is 0 Å². The van der Waals surface area contributed by atoms with Crippen molar-refractivity contribution in [2.75, 3.05) is 39.6 Å². The molecule has 0 aromatic rings. The highest BCUT2D eigenvalue weighted by atomic mass is 31.2. The maximum atomic E-state index is 13.0. The molecular formula is C89H140O16P2. The zero-order valence-corrected chi connectivity index (χ0v) is 67.5. The molecule has 0 aliphatic carbocycles. The predicted molar refractivity (Wildman–Crippen MR) is 444 cm³/mol. The highest BCUT2D eigenvalue weighted by molar-refractivity contribution is 7.47. The van der Waals surface area contributed by atoms with Gasteiger partial charge in [0.2, 0.25) is 0 Å². The topological polar surface area (TPSA) is 231 Å². The summed E-state index contributed by atoms with van der Waals surface area (Å²) in [6.45, 7) is 2.19. The van der Waals surface area contributed by atoms with Gasteiger partial charge in [-0.2, -0.15) is 0 Å². The van der Waals surface area contributed by atoms with E-state index >= 15 is 0 Å². The molecule has 0 amide bonds. The van der Waals surface area contributed by atoms with E-state index in [2.05, 4.69) is 221 Å². The van der Waals surface area contributed by atoms with Gasteiger partial charge < -0.3 is 34.2 Å². The maximum absolute atomic E-state index is 13.0. The Morgan fingerprint density at radius 3 is 0.776 bits per heavy atom. The van der Waals surface area contributed by atoms with Crippen molar-refractivity contribution in [1.82, 2.24) is 0 Å². The first-order chi connectivity index (χ1) is 52.2. The fraction of sp³-hybridized carbons (Fsp3) is 0.562. The van der Waals surface area contributed by atoms with Crippen LogP contribution in [-0.2, 0) is 55.8 Å². The van der Waals surface area contributed by atoms with Crippen LogP contribution >= 0.6 is 15.6 Å². The third kappa shape index (κ3) is 80.7. The predicted octanol–water partition coefficient (Wildman–Crippen LogP) is 23.9. The monoisotopic (exact) mass is 1530 g/mol. The molecule has 0 aromatic carbocycles. The van der Waals surface area contributed by atoms with Crippen LogP contribution in [0.5, 0.6) is 0 Å². The quantitative estimate of drug-likeness (QED) is 0.0146. The van der Waals surface area contributed by atoms with Crippen molar-refractivity contribution >= 4 is 33.6 Å². The molecular weight excluding hydrogens is 1390 g/mol. The summed E-state index contributed by atoms with van der Waals surface area (Å²) in [7, 11) is -9.85. The van der Waals surface area contributed by atoms with Crippen molar-refractivity contribution in [3.63, 3.8) is 0 Å². The van der Waals surface area contributed by atoms with Gasteiger partial charge in [0.25, 0.3) is 0 Å². The number of allylic oxidation sites excluding steroid dienone is 36. The van der Waals surface area contributed by atoms with Crippen LogP contribution in [0.15, 0.2) is 219 Å². The van der Waals surface area contributed by atoms with E-state index in [1.54, 1.807) is 0 Å². The molecule has 0 rings (SSSR count). The molecule has 0 aliphatic heterocycles. The van der Waals surface area contributed by atoms with E-state index in [1.807, 2.05) is 18.2 Å². The van der Waals surface area contributed by atoms with Gasteiger partial charge in [0, 0.05) is 19.3 Å². The number of carbonyl (C=O) groups is 3. The zero-order valence-electron chi connectivity index (χ0n) is 65.7. The number of ether oxygens (including phenoxy) is 3. The molecule has 0 heterocycles. The van der Waals surface area contributed by atoms with Crippen LogP contribution in [0.3, 0.4) is 0 Å². The Bertz CT molecular complexity index is 2820. The Hall–Kier alpha value is -6.13. The van der Waals surface area contributed by atoms with Crippen LogP contribution in [0.2, 0.25) is 0 Å². The number of rotatable bonds is 73. The molecule has 107 heavy (non-hydrogen) atoms. The molecule has 0 radical (unpaired) electrons. The van der Waals surface area contributed by atoms with Gasteiger partial charge in [0.15, 0.2) is 6.10 Å². The summed E-state index contributed by atoms with van der Waals surface area (Å²) in [6, 6.07) is 0. The summed E-state index contributed by atoms with van der Waals surface area (Å²) in [5, 5.41) is 20.7. The summed E-state index contributed by atoms with van der Waals surface area (Å²) in [4.78, 5) is 58.7. The Morgan fingerprint density at radius 2 is 0.486 bits per heavy atom. The van der Waals surface area contributed by atoms with Crippen LogP contribution in [0.1, 0.15) is 265 Å². The number of unbranched alkanes of at least 4 members (excludes halogenated alkanes) is 14. The Kier molecular flexibility index (Phi) is 74.9. The zero-order chi connectivity index (χ0) is 78.0. The number of hydrogen-bond donors (Lipinski definition) is 4. The first kappa shape index (κ1) is 101. The second-order valence-corrected chi connectivity index (χ2v) is 28.6. The lowest BCUT2D eigenvalue weighted by molar-refractivity contribution is -0.161. The maximum Gasteiger partial charge on any atom is 0.472 e. The smallest absolute Gasteiger partial charge is 0.463 e. The van der Waals surface area contributed by atoms with Crippen molar-refractivity contribution in [2.45, 2.75) is 283 Å². The van der Waals surface area contributed by atoms with Crippen molar-refractivity contribution in [3.8, 4) is 0 Å². The molecule has 18 heteroatoms. The molecule has 0 saturated carbocycles. The van der Waals surface area contributed by atoms with Gasteiger partial charge in [-0.3, -0.25) is 32.5 Å². The molecule has 5 unspecified atom stereocenters.